The molecule has 2 aromatic rings. The van der Waals surface area contributed by atoms with E-state index < -0.39 is 16.7 Å². The Balaban J connectivity index is 1.79. The van der Waals surface area contributed by atoms with Crippen LogP contribution in [0.15, 0.2) is 53.4 Å². The maximum Gasteiger partial charge on any atom is 0.285 e. The number of nitrogens with zero attached hydrogens (tertiary/aromatic N) is 3. The molecule has 10 heteroatoms. The van der Waals surface area contributed by atoms with Gasteiger partial charge >= 0.3 is 0 Å². The van der Waals surface area contributed by atoms with Crippen LogP contribution in [0.25, 0.3) is 6.08 Å². The van der Waals surface area contributed by atoms with Crippen LogP contribution in [0.4, 0.5) is 11.4 Å². The third-order valence-electron chi connectivity index (χ3n) is 4.06. The first-order chi connectivity index (χ1) is 13.8. The van der Waals surface area contributed by atoms with E-state index in [2.05, 4.69) is 5.43 Å². The van der Waals surface area contributed by atoms with Crippen molar-refractivity contribution in [2.45, 2.75) is 0 Å². The third kappa shape index (κ3) is 4.44. The lowest BCUT2D eigenvalue weighted by molar-refractivity contribution is -0.385. The maximum absolute atomic E-state index is 12.7. The molecule has 3 rings (SSSR count). The summed E-state index contributed by atoms with van der Waals surface area (Å²) in [6.07, 6.45) is 1.68. The van der Waals surface area contributed by atoms with Crippen molar-refractivity contribution in [1.82, 2.24) is 10.4 Å². The maximum atomic E-state index is 12.7. The average molecular weight is 428 g/mol. The van der Waals surface area contributed by atoms with E-state index in [1.54, 1.807) is 6.08 Å². The van der Waals surface area contributed by atoms with Crippen LogP contribution >= 0.6 is 24.0 Å². The van der Waals surface area contributed by atoms with E-state index in [-0.39, 0.29) is 15.6 Å². The van der Waals surface area contributed by atoms with Gasteiger partial charge in [-0.05, 0) is 42.1 Å². The van der Waals surface area contributed by atoms with E-state index in [0.717, 1.165) is 28.0 Å². The van der Waals surface area contributed by atoms with E-state index in [1.807, 2.05) is 43.3 Å². The Kier molecular flexibility index (Phi) is 5.95. The number of hydrazine groups is 1. The van der Waals surface area contributed by atoms with Crippen molar-refractivity contribution >= 4 is 57.6 Å². The van der Waals surface area contributed by atoms with Crippen LogP contribution in [0.2, 0.25) is 0 Å². The van der Waals surface area contributed by atoms with Crippen LogP contribution < -0.4 is 10.3 Å². The lowest BCUT2D eigenvalue weighted by Crippen LogP contribution is -2.45. The molecule has 0 atom stereocenters. The van der Waals surface area contributed by atoms with Crippen molar-refractivity contribution < 1.29 is 14.5 Å². The second-order valence-electron chi connectivity index (χ2n) is 6.22. The minimum absolute atomic E-state index is 0.137. The summed E-state index contributed by atoms with van der Waals surface area (Å²) in [5, 5.41) is 12.0. The van der Waals surface area contributed by atoms with Crippen molar-refractivity contribution in [3.8, 4) is 0 Å². The first-order valence-corrected chi connectivity index (χ1v) is 9.60. The lowest BCUT2D eigenvalue weighted by Gasteiger charge is -2.15. The molecular formula is C19H16N4O4S2. The summed E-state index contributed by atoms with van der Waals surface area (Å²) >= 11 is 6.24. The number of nitro benzene ring substituents is 1. The molecule has 0 bridgehead atoms. The number of benzene rings is 2. The number of thiocarbonyl (C=S) groups is 1. The van der Waals surface area contributed by atoms with Crippen molar-refractivity contribution in [2.75, 3.05) is 19.0 Å². The highest BCUT2D eigenvalue weighted by atomic mass is 32.2. The molecule has 0 spiro atoms. The van der Waals surface area contributed by atoms with Gasteiger partial charge in [0.15, 0.2) is 4.32 Å². The molecule has 0 aromatic heterocycles. The van der Waals surface area contributed by atoms with E-state index in [9.17, 15) is 19.7 Å². The van der Waals surface area contributed by atoms with Gasteiger partial charge < -0.3 is 4.90 Å². The Morgan fingerprint density at radius 2 is 1.86 bits per heavy atom. The topological polar surface area (TPSA) is 95.8 Å². The number of carbonyl (C=O) groups excluding carboxylic acids is 2. The van der Waals surface area contributed by atoms with Crippen LogP contribution in [0.5, 0.6) is 0 Å². The van der Waals surface area contributed by atoms with Crippen molar-refractivity contribution in [1.29, 1.82) is 0 Å². The fourth-order valence-corrected chi connectivity index (χ4v) is 3.75. The van der Waals surface area contributed by atoms with Crippen LogP contribution in [0.3, 0.4) is 0 Å². The molecule has 1 aliphatic rings. The Labute approximate surface area is 176 Å². The van der Waals surface area contributed by atoms with Gasteiger partial charge in [0, 0.05) is 25.8 Å². The van der Waals surface area contributed by atoms with E-state index in [4.69, 9.17) is 12.2 Å². The number of amides is 2. The largest absolute Gasteiger partial charge is 0.378 e. The van der Waals surface area contributed by atoms with Crippen molar-refractivity contribution in [3.05, 3.63) is 74.7 Å². The van der Waals surface area contributed by atoms with E-state index in [1.165, 1.54) is 24.3 Å². The van der Waals surface area contributed by atoms with Gasteiger partial charge in [0.1, 0.15) is 5.56 Å². The van der Waals surface area contributed by atoms with Gasteiger partial charge in [-0.25, -0.2) is 0 Å². The van der Waals surface area contributed by atoms with Crippen LogP contribution in [0.1, 0.15) is 15.9 Å². The first-order valence-electron chi connectivity index (χ1n) is 8.37. The fourth-order valence-electron chi connectivity index (χ4n) is 2.57. The minimum Gasteiger partial charge on any atom is -0.378 e. The molecule has 1 N–H and O–H groups in total. The highest BCUT2D eigenvalue weighted by Gasteiger charge is 2.34. The number of anilines is 1. The number of hydrogen-bond acceptors (Lipinski definition) is 7. The number of carbonyl (C=O) groups is 2. The Morgan fingerprint density at radius 3 is 2.48 bits per heavy atom. The number of thioether (sulfide) groups is 1. The zero-order chi connectivity index (χ0) is 21.1. The smallest absolute Gasteiger partial charge is 0.285 e. The number of hydrogen-bond donors (Lipinski definition) is 1. The zero-order valence-corrected chi connectivity index (χ0v) is 17.1. The van der Waals surface area contributed by atoms with Crippen molar-refractivity contribution in [3.63, 3.8) is 0 Å². The van der Waals surface area contributed by atoms with Gasteiger partial charge in [0.05, 0.1) is 9.83 Å². The molecule has 2 amide bonds. The van der Waals surface area contributed by atoms with Gasteiger partial charge in [0.25, 0.3) is 17.5 Å². The lowest BCUT2D eigenvalue weighted by atomic mass is 10.1. The fraction of sp³-hybridized carbons (Fsp3) is 0.105. The second kappa shape index (κ2) is 8.41. The van der Waals surface area contributed by atoms with Gasteiger partial charge in [-0.2, -0.15) is 5.01 Å². The molecule has 1 saturated heterocycles. The monoisotopic (exact) mass is 428 g/mol. The Bertz CT molecular complexity index is 1030. The standard InChI is InChI=1S/C19H16N4O4S2/c1-21(2)13-9-7-12(8-10-13)11-16-18(25)22(19(28)29-16)20-17(24)14-5-3-4-6-15(14)23(26)27/h3-11H,1-2H3,(H,20,24)/b16-11+. The quantitative estimate of drug-likeness (QED) is 0.338. The molecule has 0 aliphatic carbocycles. The molecule has 2 aromatic carbocycles. The summed E-state index contributed by atoms with van der Waals surface area (Å²) < 4.78 is 0.137. The summed E-state index contributed by atoms with van der Waals surface area (Å²) in [6.45, 7) is 0. The summed E-state index contributed by atoms with van der Waals surface area (Å²) in [4.78, 5) is 37.9. The van der Waals surface area contributed by atoms with E-state index in [0.29, 0.717) is 4.91 Å². The first kappa shape index (κ1) is 20.5. The summed E-state index contributed by atoms with van der Waals surface area (Å²) in [5.41, 5.74) is 3.67. The van der Waals surface area contributed by atoms with Crippen LogP contribution in [-0.4, -0.2) is 40.2 Å². The Morgan fingerprint density at radius 1 is 1.21 bits per heavy atom. The van der Waals surface area contributed by atoms with Gasteiger partial charge in [-0.1, -0.05) is 36.0 Å². The van der Waals surface area contributed by atoms with Crippen LogP contribution in [-0.2, 0) is 4.79 Å². The van der Waals surface area contributed by atoms with Crippen LogP contribution in [0, 0.1) is 10.1 Å². The van der Waals surface area contributed by atoms with Gasteiger partial charge in [-0.15, -0.1) is 0 Å². The molecule has 1 aliphatic heterocycles. The summed E-state index contributed by atoms with van der Waals surface area (Å²) in [5.74, 6) is -1.28. The average Bonchev–Trinajstić information content (AvgIpc) is 2.95. The molecule has 1 heterocycles. The number of nitrogens with one attached hydrogen (secondary N) is 1. The highest BCUT2D eigenvalue weighted by molar-refractivity contribution is 8.26. The summed E-state index contributed by atoms with van der Waals surface area (Å²) in [6, 6.07) is 13.1. The summed E-state index contributed by atoms with van der Waals surface area (Å²) in [7, 11) is 3.86. The van der Waals surface area contributed by atoms with Gasteiger partial charge in [0.2, 0.25) is 0 Å². The molecule has 0 radical (unpaired) electrons. The molecule has 148 valence electrons. The molecule has 0 unspecified atom stereocenters. The minimum atomic E-state index is -0.787. The molecular weight excluding hydrogens is 412 g/mol. The highest BCUT2D eigenvalue weighted by Crippen LogP contribution is 2.32. The second-order valence-corrected chi connectivity index (χ2v) is 7.89. The normalized spacial score (nSPS) is 15.0. The molecule has 1 fully saturated rings. The molecule has 0 saturated carbocycles. The third-order valence-corrected chi connectivity index (χ3v) is 5.36. The number of para-hydroxylation sites is 1. The predicted molar refractivity (Wildman–Crippen MR) is 116 cm³/mol. The zero-order valence-electron chi connectivity index (χ0n) is 15.5. The predicted octanol–water partition coefficient (Wildman–Crippen LogP) is 3.21. The molecule has 29 heavy (non-hydrogen) atoms. The SMILES string of the molecule is CN(C)c1ccc(/C=C2/SC(=S)N(NC(=O)c3ccccc3[N+](=O)[O-])C2=O)cc1. The number of nitro groups is 1. The van der Waals surface area contributed by atoms with Crippen molar-refractivity contribution in [2.24, 2.45) is 0 Å². The molecule has 8 nitrogen and oxygen atoms in total. The number of rotatable bonds is 5. The van der Waals surface area contributed by atoms with E-state index >= 15 is 0 Å². The van der Waals surface area contributed by atoms with Gasteiger partial charge in [-0.3, -0.25) is 25.1 Å². The Hall–Kier alpha value is -3.24.